The maximum atomic E-state index is 13.8. The van der Waals surface area contributed by atoms with Crippen LogP contribution in [0.5, 0.6) is 5.75 Å². The van der Waals surface area contributed by atoms with Crippen LogP contribution in [-0.2, 0) is 0 Å². The van der Waals surface area contributed by atoms with Crippen LogP contribution in [0, 0.1) is 18.7 Å². The number of hydrogen-bond donors (Lipinski definition) is 0. The van der Waals surface area contributed by atoms with Gasteiger partial charge in [-0.15, -0.1) is 0 Å². The Labute approximate surface area is 209 Å². The van der Waals surface area contributed by atoms with Gasteiger partial charge in [0.2, 0.25) is 0 Å². The number of para-hydroxylation sites is 1. The highest BCUT2D eigenvalue weighted by atomic mass is 19.1. The van der Waals surface area contributed by atoms with Gasteiger partial charge in [0.25, 0.3) is 0 Å². The van der Waals surface area contributed by atoms with Crippen LogP contribution < -0.4 is 4.74 Å². The Bertz CT molecular complexity index is 1030. The Morgan fingerprint density at radius 2 is 1.71 bits per heavy atom. The molecule has 35 heavy (non-hydrogen) atoms. The highest BCUT2D eigenvalue weighted by Crippen LogP contribution is 2.32. The first-order valence-corrected chi connectivity index (χ1v) is 12.8. The lowest BCUT2D eigenvalue weighted by atomic mass is 9.92. The van der Waals surface area contributed by atoms with Crippen LogP contribution in [0.1, 0.15) is 49.6 Å². The van der Waals surface area contributed by atoms with Crippen LogP contribution in [0.15, 0.2) is 72.9 Å². The van der Waals surface area contributed by atoms with Gasteiger partial charge in [0.1, 0.15) is 6.61 Å². The highest BCUT2D eigenvalue weighted by Gasteiger charge is 2.29. The summed E-state index contributed by atoms with van der Waals surface area (Å²) < 4.78 is 19.4. The molecule has 0 spiro atoms. The first-order chi connectivity index (χ1) is 17.0. The number of rotatable bonds is 10. The van der Waals surface area contributed by atoms with Crippen molar-refractivity contribution in [1.82, 2.24) is 14.8 Å². The lowest BCUT2D eigenvalue weighted by Crippen LogP contribution is -2.43. The van der Waals surface area contributed by atoms with Gasteiger partial charge in [-0.2, -0.15) is 0 Å². The molecular formula is C30H38FN3O. The fraction of sp³-hybridized carbons (Fsp3) is 0.433. The molecule has 3 aromatic rings. The van der Waals surface area contributed by atoms with Crippen molar-refractivity contribution >= 4 is 0 Å². The van der Waals surface area contributed by atoms with E-state index in [0.717, 1.165) is 44.7 Å². The van der Waals surface area contributed by atoms with Gasteiger partial charge in [0.15, 0.2) is 11.6 Å². The van der Waals surface area contributed by atoms with E-state index in [1.165, 1.54) is 17.2 Å². The summed E-state index contributed by atoms with van der Waals surface area (Å²) >= 11 is 0. The summed E-state index contributed by atoms with van der Waals surface area (Å²) in [5.74, 6) is 0.681. The number of nitrogens with zero attached hydrogens (tertiary/aromatic N) is 3. The molecule has 1 aliphatic rings. The first kappa shape index (κ1) is 25.3. The molecular weight excluding hydrogens is 437 g/mol. The molecule has 0 aliphatic carbocycles. The number of aryl methyl sites for hydroxylation is 1. The van der Waals surface area contributed by atoms with Crippen molar-refractivity contribution in [2.75, 3.05) is 32.8 Å². The zero-order valence-corrected chi connectivity index (χ0v) is 21.2. The molecule has 2 aromatic carbocycles. The Hall–Kier alpha value is -2.76. The van der Waals surface area contributed by atoms with Gasteiger partial charge in [-0.25, -0.2) is 4.39 Å². The van der Waals surface area contributed by atoms with E-state index < -0.39 is 0 Å². The molecule has 0 bridgehead atoms. The summed E-state index contributed by atoms with van der Waals surface area (Å²) in [5.41, 5.74) is 3.68. The van der Waals surface area contributed by atoms with Crippen molar-refractivity contribution < 1.29 is 9.13 Å². The van der Waals surface area contributed by atoms with Crippen LogP contribution in [-0.4, -0.2) is 53.6 Å². The maximum absolute atomic E-state index is 13.8. The number of aromatic nitrogens is 1. The van der Waals surface area contributed by atoms with E-state index >= 15 is 0 Å². The number of piperidine rings is 1. The van der Waals surface area contributed by atoms with Crippen LogP contribution in [0.3, 0.4) is 0 Å². The average Bonchev–Trinajstić information content (AvgIpc) is 2.87. The van der Waals surface area contributed by atoms with Gasteiger partial charge in [-0.3, -0.25) is 14.8 Å². The SMILES string of the molecule is Cc1ccc([C@@H](c2ccccn2)N(CC2CCN(CCOc3ccccc3F)CC2)C(C)C)cc1. The second-order valence-corrected chi connectivity index (χ2v) is 9.92. The van der Waals surface area contributed by atoms with Gasteiger partial charge < -0.3 is 4.74 Å². The fourth-order valence-electron chi connectivity index (χ4n) is 4.97. The average molecular weight is 476 g/mol. The fourth-order valence-corrected chi connectivity index (χ4v) is 4.97. The van der Waals surface area contributed by atoms with Crippen molar-refractivity contribution in [1.29, 1.82) is 0 Å². The summed E-state index contributed by atoms with van der Waals surface area (Å²) in [6, 6.07) is 22.3. The highest BCUT2D eigenvalue weighted by molar-refractivity contribution is 5.30. The van der Waals surface area contributed by atoms with Crippen LogP contribution in [0.25, 0.3) is 0 Å². The number of hydrogen-bond acceptors (Lipinski definition) is 4. The van der Waals surface area contributed by atoms with E-state index in [0.29, 0.717) is 24.3 Å². The summed E-state index contributed by atoms with van der Waals surface area (Å²) in [4.78, 5) is 9.82. The van der Waals surface area contributed by atoms with E-state index in [2.05, 4.69) is 67.0 Å². The number of ether oxygens (including phenoxy) is 1. The van der Waals surface area contributed by atoms with E-state index in [9.17, 15) is 4.39 Å². The predicted molar refractivity (Wildman–Crippen MR) is 140 cm³/mol. The Balaban J connectivity index is 1.37. The summed E-state index contributed by atoms with van der Waals surface area (Å²) in [7, 11) is 0. The molecule has 5 heteroatoms. The first-order valence-electron chi connectivity index (χ1n) is 12.8. The Kier molecular flexibility index (Phi) is 8.89. The normalized spacial score (nSPS) is 16.1. The quantitative estimate of drug-likeness (QED) is 0.353. The largest absolute Gasteiger partial charge is 0.489 e. The standard InChI is InChI=1S/C30H38FN3O/c1-23(2)34(30(28-9-6-7-17-32-28)26-13-11-24(3)12-14-26)22-25-15-18-33(19-16-25)20-21-35-29-10-5-4-8-27(29)31/h4-14,17,23,25,30H,15-16,18-22H2,1-3H3/t30-/m0/s1. The molecule has 0 saturated carbocycles. The zero-order valence-electron chi connectivity index (χ0n) is 21.2. The molecule has 2 heterocycles. The monoisotopic (exact) mass is 475 g/mol. The zero-order chi connectivity index (χ0) is 24.6. The van der Waals surface area contributed by atoms with Crippen LogP contribution in [0.4, 0.5) is 4.39 Å². The van der Waals surface area contributed by atoms with E-state index in [-0.39, 0.29) is 11.9 Å². The van der Waals surface area contributed by atoms with E-state index in [4.69, 9.17) is 9.72 Å². The number of pyridine rings is 1. The summed E-state index contributed by atoms with van der Waals surface area (Å²) in [6.07, 6.45) is 4.22. The molecule has 0 amide bonds. The van der Waals surface area contributed by atoms with Crippen LogP contribution in [0.2, 0.25) is 0 Å². The summed E-state index contributed by atoms with van der Waals surface area (Å²) in [5, 5.41) is 0. The van der Waals surface area contributed by atoms with Crippen molar-refractivity contribution in [2.24, 2.45) is 5.92 Å². The molecule has 1 saturated heterocycles. The van der Waals surface area contributed by atoms with Crippen molar-refractivity contribution in [3.8, 4) is 5.75 Å². The van der Waals surface area contributed by atoms with Gasteiger partial charge in [0.05, 0.1) is 11.7 Å². The third kappa shape index (κ3) is 6.89. The third-order valence-corrected chi connectivity index (χ3v) is 7.03. The molecule has 1 fully saturated rings. The van der Waals surface area contributed by atoms with E-state index in [1.54, 1.807) is 18.2 Å². The van der Waals surface area contributed by atoms with Crippen molar-refractivity contribution in [3.05, 3.63) is 95.6 Å². The molecule has 1 aliphatic heterocycles. The van der Waals surface area contributed by atoms with Gasteiger partial charge in [-0.1, -0.05) is 48.0 Å². The Morgan fingerprint density at radius 1 is 1.00 bits per heavy atom. The second-order valence-electron chi connectivity index (χ2n) is 9.92. The molecule has 0 unspecified atom stereocenters. The molecule has 0 N–H and O–H groups in total. The molecule has 4 rings (SSSR count). The van der Waals surface area contributed by atoms with Gasteiger partial charge in [0, 0.05) is 25.3 Å². The Morgan fingerprint density at radius 3 is 2.37 bits per heavy atom. The number of halogens is 1. The van der Waals surface area contributed by atoms with Gasteiger partial charge in [-0.05, 0) is 82.4 Å². The third-order valence-electron chi connectivity index (χ3n) is 7.03. The molecule has 0 radical (unpaired) electrons. The van der Waals surface area contributed by atoms with Gasteiger partial charge >= 0.3 is 0 Å². The molecule has 1 atom stereocenters. The minimum Gasteiger partial charge on any atom is -0.489 e. The number of benzene rings is 2. The van der Waals surface area contributed by atoms with Crippen molar-refractivity contribution in [2.45, 2.75) is 45.7 Å². The van der Waals surface area contributed by atoms with Crippen molar-refractivity contribution in [3.63, 3.8) is 0 Å². The summed E-state index contributed by atoms with van der Waals surface area (Å²) in [6.45, 7) is 11.2. The smallest absolute Gasteiger partial charge is 0.165 e. The predicted octanol–water partition coefficient (Wildman–Crippen LogP) is 6.12. The minimum atomic E-state index is -0.295. The lowest BCUT2D eigenvalue weighted by molar-refractivity contribution is 0.0979. The minimum absolute atomic E-state index is 0.143. The maximum Gasteiger partial charge on any atom is 0.165 e. The number of likely N-dealkylation sites (tertiary alicyclic amines) is 1. The topological polar surface area (TPSA) is 28.6 Å². The van der Waals surface area contributed by atoms with E-state index in [1.807, 2.05) is 12.3 Å². The second kappa shape index (κ2) is 12.3. The molecule has 4 nitrogen and oxygen atoms in total. The molecule has 186 valence electrons. The molecule has 1 aromatic heterocycles. The lowest BCUT2D eigenvalue weighted by Gasteiger charge is -2.40. The van der Waals surface area contributed by atoms with Crippen LogP contribution >= 0.6 is 0 Å².